The number of piperazine rings is 1. The van der Waals surface area contributed by atoms with E-state index in [1.54, 1.807) is 28.2 Å². The van der Waals surface area contributed by atoms with E-state index in [9.17, 15) is 9.59 Å². The molecule has 1 atom stereocenters. The molecule has 6 nitrogen and oxygen atoms in total. The van der Waals surface area contributed by atoms with Gasteiger partial charge >= 0.3 is 0 Å². The third-order valence-electron chi connectivity index (χ3n) is 4.46. The van der Waals surface area contributed by atoms with Crippen molar-refractivity contribution in [1.29, 1.82) is 0 Å². The summed E-state index contributed by atoms with van der Waals surface area (Å²) >= 11 is 1.55. The predicted molar refractivity (Wildman–Crippen MR) is 99.8 cm³/mol. The molecule has 1 aromatic carbocycles. The van der Waals surface area contributed by atoms with E-state index in [1.165, 1.54) is 0 Å². The summed E-state index contributed by atoms with van der Waals surface area (Å²) in [5.74, 6) is -0.0789. The molecule has 3 rings (SSSR count). The van der Waals surface area contributed by atoms with Crippen LogP contribution in [0.5, 0.6) is 0 Å². The van der Waals surface area contributed by atoms with Gasteiger partial charge in [-0.05, 0) is 12.5 Å². The van der Waals surface area contributed by atoms with Crippen LogP contribution in [-0.2, 0) is 27.3 Å². The van der Waals surface area contributed by atoms with E-state index in [0.717, 1.165) is 16.3 Å². The minimum atomic E-state index is -0.516. The summed E-state index contributed by atoms with van der Waals surface area (Å²) in [5.41, 5.74) is 1.86. The van der Waals surface area contributed by atoms with Crippen molar-refractivity contribution >= 4 is 23.2 Å². The molecule has 0 spiro atoms. The van der Waals surface area contributed by atoms with Crippen LogP contribution in [0.4, 0.5) is 0 Å². The molecule has 1 aromatic heterocycles. The van der Waals surface area contributed by atoms with Crippen molar-refractivity contribution in [2.75, 3.05) is 26.8 Å². The molecule has 2 amide bonds. The Morgan fingerprint density at radius 1 is 1.27 bits per heavy atom. The van der Waals surface area contributed by atoms with Crippen LogP contribution < -0.4 is 0 Å². The molecule has 0 radical (unpaired) electrons. The summed E-state index contributed by atoms with van der Waals surface area (Å²) in [5, 5.41) is 2.90. The maximum atomic E-state index is 13.0. The number of carbonyl (C=O) groups excluding carboxylic acids is 2. The summed E-state index contributed by atoms with van der Waals surface area (Å²) < 4.78 is 5.08. The van der Waals surface area contributed by atoms with Gasteiger partial charge in [-0.3, -0.25) is 9.59 Å². The lowest BCUT2D eigenvalue weighted by Crippen LogP contribution is -2.60. The molecule has 0 saturated carbocycles. The Kier molecular flexibility index (Phi) is 6.00. The van der Waals surface area contributed by atoms with Crippen LogP contribution in [0, 0.1) is 6.92 Å². The summed E-state index contributed by atoms with van der Waals surface area (Å²) in [7, 11) is 1.59. The second-order valence-corrected chi connectivity index (χ2v) is 7.40. The number of nitrogens with zero attached hydrogens (tertiary/aromatic N) is 3. The van der Waals surface area contributed by atoms with Crippen molar-refractivity contribution in [1.82, 2.24) is 14.8 Å². The molecule has 0 N–H and O–H groups in total. The zero-order valence-corrected chi connectivity index (χ0v) is 15.9. The standard InChI is InChI=1S/C19H23N3O3S/c1-14-20-16(13-26-14)11-22-17(10-15-6-4-3-5-7-15)19(24)21(8-9-25-2)12-18(22)23/h3-7,13,17H,8-12H2,1-2H3/t17-/m1/s1. The Labute approximate surface area is 157 Å². The Morgan fingerprint density at radius 3 is 2.69 bits per heavy atom. The quantitative estimate of drug-likeness (QED) is 0.743. The van der Waals surface area contributed by atoms with E-state index in [2.05, 4.69) is 4.98 Å². The fraction of sp³-hybridized carbons (Fsp3) is 0.421. The molecule has 1 saturated heterocycles. The maximum absolute atomic E-state index is 13.0. The first-order chi connectivity index (χ1) is 12.6. The van der Waals surface area contributed by atoms with Crippen LogP contribution in [0.1, 0.15) is 16.3 Å². The van der Waals surface area contributed by atoms with Crippen LogP contribution in [0.3, 0.4) is 0 Å². The van der Waals surface area contributed by atoms with E-state index >= 15 is 0 Å². The fourth-order valence-corrected chi connectivity index (χ4v) is 3.73. The summed E-state index contributed by atoms with van der Waals surface area (Å²) in [6.45, 7) is 3.24. The first-order valence-corrected chi connectivity index (χ1v) is 9.48. The van der Waals surface area contributed by atoms with Gasteiger partial charge in [0.2, 0.25) is 11.8 Å². The van der Waals surface area contributed by atoms with Gasteiger partial charge in [0, 0.05) is 25.5 Å². The third kappa shape index (κ3) is 4.28. The van der Waals surface area contributed by atoms with Gasteiger partial charge in [-0.15, -0.1) is 11.3 Å². The van der Waals surface area contributed by atoms with Crippen LogP contribution in [0.2, 0.25) is 0 Å². The maximum Gasteiger partial charge on any atom is 0.246 e. The number of thiazole rings is 1. The number of ether oxygens (including phenoxy) is 1. The minimum absolute atomic E-state index is 0.0301. The van der Waals surface area contributed by atoms with Crippen LogP contribution in [-0.4, -0.2) is 59.4 Å². The fourth-order valence-electron chi connectivity index (χ4n) is 3.13. The first kappa shape index (κ1) is 18.5. The van der Waals surface area contributed by atoms with Crippen molar-refractivity contribution in [2.45, 2.75) is 25.9 Å². The predicted octanol–water partition coefficient (Wildman–Crippen LogP) is 1.88. The van der Waals surface area contributed by atoms with Gasteiger partial charge in [-0.1, -0.05) is 30.3 Å². The summed E-state index contributed by atoms with van der Waals surface area (Å²) in [6, 6.07) is 9.28. The highest BCUT2D eigenvalue weighted by molar-refractivity contribution is 7.09. The molecule has 2 heterocycles. The SMILES string of the molecule is COCCN1CC(=O)N(Cc2csc(C)n2)[C@H](Cc2ccccc2)C1=O. The van der Waals surface area contributed by atoms with Crippen molar-refractivity contribution in [3.05, 3.63) is 52.0 Å². The minimum Gasteiger partial charge on any atom is -0.383 e. The topological polar surface area (TPSA) is 62.7 Å². The number of aromatic nitrogens is 1. The van der Waals surface area contributed by atoms with Gasteiger partial charge in [0.25, 0.3) is 0 Å². The van der Waals surface area contributed by atoms with Crippen molar-refractivity contribution in [3.63, 3.8) is 0 Å². The Hall–Kier alpha value is -2.25. The van der Waals surface area contributed by atoms with Crippen molar-refractivity contribution in [2.24, 2.45) is 0 Å². The van der Waals surface area contributed by atoms with Gasteiger partial charge in [-0.2, -0.15) is 0 Å². The molecule has 7 heteroatoms. The average molecular weight is 373 g/mol. The molecule has 1 fully saturated rings. The van der Waals surface area contributed by atoms with Gasteiger partial charge in [0.05, 0.1) is 30.4 Å². The van der Waals surface area contributed by atoms with Gasteiger partial charge in [0.15, 0.2) is 0 Å². The second kappa shape index (κ2) is 8.42. The lowest BCUT2D eigenvalue weighted by Gasteiger charge is -2.40. The molecule has 1 aliphatic heterocycles. The van der Waals surface area contributed by atoms with E-state index in [1.807, 2.05) is 42.6 Å². The molecular formula is C19H23N3O3S. The lowest BCUT2D eigenvalue weighted by atomic mass is 10.0. The lowest BCUT2D eigenvalue weighted by molar-refractivity contribution is -0.157. The van der Waals surface area contributed by atoms with E-state index in [0.29, 0.717) is 26.1 Å². The smallest absolute Gasteiger partial charge is 0.246 e. The molecule has 138 valence electrons. The zero-order valence-electron chi connectivity index (χ0n) is 15.1. The highest BCUT2D eigenvalue weighted by Gasteiger charge is 2.39. The van der Waals surface area contributed by atoms with Crippen LogP contribution in [0.15, 0.2) is 35.7 Å². The highest BCUT2D eigenvalue weighted by atomic mass is 32.1. The highest BCUT2D eigenvalue weighted by Crippen LogP contribution is 2.21. The van der Waals surface area contributed by atoms with E-state index in [-0.39, 0.29) is 18.4 Å². The molecule has 0 aliphatic carbocycles. The largest absolute Gasteiger partial charge is 0.383 e. The van der Waals surface area contributed by atoms with Gasteiger partial charge in [-0.25, -0.2) is 4.98 Å². The van der Waals surface area contributed by atoms with Gasteiger partial charge < -0.3 is 14.5 Å². The van der Waals surface area contributed by atoms with E-state index < -0.39 is 6.04 Å². The molecule has 0 unspecified atom stereocenters. The molecule has 1 aliphatic rings. The number of hydrogen-bond donors (Lipinski definition) is 0. The second-order valence-electron chi connectivity index (χ2n) is 6.34. The van der Waals surface area contributed by atoms with Crippen molar-refractivity contribution in [3.8, 4) is 0 Å². The summed E-state index contributed by atoms with van der Waals surface area (Å²) in [4.78, 5) is 33.6. The Bertz CT molecular complexity index is 762. The first-order valence-electron chi connectivity index (χ1n) is 8.60. The van der Waals surface area contributed by atoms with Gasteiger partial charge in [0.1, 0.15) is 6.04 Å². The molecule has 2 aromatic rings. The Morgan fingerprint density at radius 2 is 2.04 bits per heavy atom. The number of amides is 2. The molecular weight excluding hydrogens is 350 g/mol. The van der Waals surface area contributed by atoms with Crippen LogP contribution in [0.25, 0.3) is 0 Å². The van der Waals surface area contributed by atoms with E-state index in [4.69, 9.17) is 4.74 Å². The summed E-state index contributed by atoms with van der Waals surface area (Å²) in [6.07, 6.45) is 0.498. The van der Waals surface area contributed by atoms with Crippen LogP contribution >= 0.6 is 11.3 Å². The monoisotopic (exact) mass is 373 g/mol. The third-order valence-corrected chi connectivity index (χ3v) is 5.28. The number of aryl methyl sites for hydroxylation is 1. The molecule has 26 heavy (non-hydrogen) atoms. The Balaban J connectivity index is 1.84. The number of carbonyl (C=O) groups is 2. The number of hydrogen-bond acceptors (Lipinski definition) is 5. The number of methoxy groups -OCH3 is 1. The molecule has 0 bridgehead atoms. The number of rotatable bonds is 7. The van der Waals surface area contributed by atoms with Crippen molar-refractivity contribution < 1.29 is 14.3 Å². The number of benzene rings is 1. The average Bonchev–Trinajstić information content (AvgIpc) is 3.05. The zero-order chi connectivity index (χ0) is 18.5. The normalized spacial score (nSPS) is 17.8.